The van der Waals surface area contributed by atoms with E-state index in [1.54, 1.807) is 0 Å². The Labute approximate surface area is 131 Å². The maximum atomic E-state index is 11.9. The summed E-state index contributed by atoms with van der Waals surface area (Å²) in [5.74, 6) is -3.73. The highest BCUT2D eigenvalue weighted by Crippen LogP contribution is 2.15. The summed E-state index contributed by atoms with van der Waals surface area (Å²) in [7, 11) is 1.15. The second-order valence-electron chi connectivity index (χ2n) is 4.06. The van der Waals surface area contributed by atoms with Gasteiger partial charge in [0.25, 0.3) is 0 Å². The predicted octanol–water partition coefficient (Wildman–Crippen LogP) is 1.06. The van der Waals surface area contributed by atoms with Gasteiger partial charge in [0.1, 0.15) is 13.2 Å². The minimum absolute atomic E-state index is 0.0126. The number of rotatable bonds is 7. The van der Waals surface area contributed by atoms with Crippen LogP contribution in [0.1, 0.15) is 31.1 Å². The minimum atomic E-state index is -1.40. The van der Waals surface area contributed by atoms with Gasteiger partial charge < -0.3 is 19.3 Å². The molecule has 0 bridgehead atoms. The fourth-order valence-corrected chi connectivity index (χ4v) is 1.56. The Kier molecular flexibility index (Phi) is 6.47. The van der Waals surface area contributed by atoms with Crippen molar-refractivity contribution < 1.29 is 38.5 Å². The number of benzene rings is 1. The second kappa shape index (κ2) is 8.32. The third kappa shape index (κ3) is 4.95. The highest BCUT2D eigenvalue weighted by Gasteiger charge is 2.20. The van der Waals surface area contributed by atoms with E-state index in [4.69, 9.17) is 9.84 Å². The average Bonchev–Trinajstić information content (AvgIpc) is 2.56. The summed E-state index contributed by atoms with van der Waals surface area (Å²) in [5.41, 5.74) is -0.650. The quantitative estimate of drug-likeness (QED) is 0.343. The summed E-state index contributed by atoms with van der Waals surface area (Å²) in [6, 6.07) is 3.41. The number of aromatic carboxylic acids is 1. The lowest BCUT2D eigenvalue weighted by Gasteiger charge is -2.08. The lowest BCUT2D eigenvalue weighted by atomic mass is 10.0. The van der Waals surface area contributed by atoms with Crippen LogP contribution in [-0.4, -0.2) is 49.3 Å². The standard InChI is InChI=1S/C15H14O8/c1-3-12(16)22-6-7-23-15(20)10-5-4-9(14(19)21-2)8-11(10)13(17)18/h3-5,8H,1,6-7H2,2H3,(H,17,18). The molecule has 0 fully saturated rings. The van der Waals surface area contributed by atoms with Crippen molar-refractivity contribution in [3.8, 4) is 0 Å². The number of hydrogen-bond donors (Lipinski definition) is 1. The third-order valence-electron chi connectivity index (χ3n) is 2.62. The van der Waals surface area contributed by atoms with Gasteiger partial charge in [-0.3, -0.25) is 0 Å². The molecule has 1 aromatic carbocycles. The first-order chi connectivity index (χ1) is 10.9. The van der Waals surface area contributed by atoms with Gasteiger partial charge in [-0.2, -0.15) is 0 Å². The Balaban J connectivity index is 2.83. The molecule has 0 unspecified atom stereocenters. The molecular formula is C15H14O8. The van der Waals surface area contributed by atoms with Gasteiger partial charge in [-0.15, -0.1) is 0 Å². The van der Waals surface area contributed by atoms with Crippen molar-refractivity contribution in [2.24, 2.45) is 0 Å². The molecule has 0 aliphatic rings. The number of esters is 3. The van der Waals surface area contributed by atoms with E-state index in [1.165, 1.54) is 6.07 Å². The Bertz CT molecular complexity index is 647. The minimum Gasteiger partial charge on any atom is -0.478 e. The van der Waals surface area contributed by atoms with Gasteiger partial charge in [-0.05, 0) is 18.2 Å². The summed E-state index contributed by atoms with van der Waals surface area (Å²) in [4.78, 5) is 45.3. The Morgan fingerprint density at radius 2 is 1.74 bits per heavy atom. The van der Waals surface area contributed by atoms with E-state index >= 15 is 0 Å². The van der Waals surface area contributed by atoms with Gasteiger partial charge in [0.05, 0.1) is 23.8 Å². The number of carboxylic acid groups (broad SMARTS) is 1. The fraction of sp³-hybridized carbons (Fsp3) is 0.200. The lowest BCUT2D eigenvalue weighted by Crippen LogP contribution is -2.16. The van der Waals surface area contributed by atoms with Crippen molar-refractivity contribution in [3.63, 3.8) is 0 Å². The summed E-state index contributed by atoms with van der Waals surface area (Å²) >= 11 is 0. The van der Waals surface area contributed by atoms with Crippen LogP contribution in [-0.2, 0) is 19.0 Å². The maximum absolute atomic E-state index is 11.9. The number of methoxy groups -OCH3 is 1. The summed E-state index contributed by atoms with van der Waals surface area (Å²) in [5, 5.41) is 9.13. The Morgan fingerprint density at radius 1 is 1.09 bits per heavy atom. The molecule has 1 rings (SSSR count). The molecule has 23 heavy (non-hydrogen) atoms. The van der Waals surface area contributed by atoms with Gasteiger partial charge >= 0.3 is 23.9 Å². The molecule has 0 atom stereocenters. The summed E-state index contributed by atoms with van der Waals surface area (Å²) in [6.07, 6.45) is 0.954. The number of carbonyl (C=O) groups is 4. The van der Waals surface area contributed by atoms with E-state index in [1.807, 2.05) is 0 Å². The molecule has 1 aromatic rings. The second-order valence-corrected chi connectivity index (χ2v) is 4.06. The molecule has 8 nitrogen and oxygen atoms in total. The van der Waals surface area contributed by atoms with E-state index in [0.29, 0.717) is 0 Å². The lowest BCUT2D eigenvalue weighted by molar-refractivity contribution is -0.138. The van der Waals surface area contributed by atoms with Gasteiger partial charge in [-0.25, -0.2) is 19.2 Å². The predicted molar refractivity (Wildman–Crippen MR) is 76.2 cm³/mol. The van der Waals surface area contributed by atoms with Crippen LogP contribution in [0.15, 0.2) is 30.9 Å². The van der Waals surface area contributed by atoms with E-state index in [0.717, 1.165) is 25.3 Å². The van der Waals surface area contributed by atoms with Gasteiger partial charge in [0.15, 0.2) is 0 Å². The molecule has 0 saturated carbocycles. The molecule has 8 heteroatoms. The fourth-order valence-electron chi connectivity index (χ4n) is 1.56. The number of hydrogen-bond acceptors (Lipinski definition) is 7. The van der Waals surface area contributed by atoms with Crippen LogP contribution in [0.2, 0.25) is 0 Å². The zero-order valence-electron chi connectivity index (χ0n) is 12.2. The topological polar surface area (TPSA) is 116 Å². The monoisotopic (exact) mass is 322 g/mol. The first kappa shape index (κ1) is 17.9. The van der Waals surface area contributed by atoms with Crippen LogP contribution < -0.4 is 0 Å². The molecular weight excluding hydrogens is 308 g/mol. The van der Waals surface area contributed by atoms with E-state index < -0.39 is 29.4 Å². The zero-order valence-corrected chi connectivity index (χ0v) is 12.2. The van der Waals surface area contributed by atoms with Crippen molar-refractivity contribution in [3.05, 3.63) is 47.5 Å². The normalized spacial score (nSPS) is 9.61. The molecule has 0 saturated heterocycles. The smallest absolute Gasteiger partial charge is 0.339 e. The highest BCUT2D eigenvalue weighted by molar-refractivity contribution is 6.04. The average molecular weight is 322 g/mol. The molecule has 0 radical (unpaired) electrons. The molecule has 122 valence electrons. The molecule has 0 heterocycles. The number of carbonyl (C=O) groups excluding carboxylic acids is 3. The van der Waals surface area contributed by atoms with Crippen LogP contribution in [0.3, 0.4) is 0 Å². The van der Waals surface area contributed by atoms with Crippen LogP contribution in [0.25, 0.3) is 0 Å². The van der Waals surface area contributed by atoms with Crippen molar-refractivity contribution in [1.82, 2.24) is 0 Å². The molecule has 0 amide bonds. The molecule has 0 aliphatic carbocycles. The SMILES string of the molecule is C=CC(=O)OCCOC(=O)c1ccc(C(=O)OC)cc1C(=O)O. The van der Waals surface area contributed by atoms with Crippen LogP contribution in [0, 0.1) is 0 Å². The zero-order chi connectivity index (χ0) is 17.4. The van der Waals surface area contributed by atoms with Crippen molar-refractivity contribution in [1.29, 1.82) is 0 Å². The van der Waals surface area contributed by atoms with E-state index in [-0.39, 0.29) is 24.3 Å². The van der Waals surface area contributed by atoms with Gasteiger partial charge in [0, 0.05) is 6.08 Å². The van der Waals surface area contributed by atoms with Crippen molar-refractivity contribution >= 4 is 23.9 Å². The van der Waals surface area contributed by atoms with Crippen LogP contribution >= 0.6 is 0 Å². The molecule has 1 N–H and O–H groups in total. The van der Waals surface area contributed by atoms with E-state index in [2.05, 4.69) is 16.1 Å². The molecule has 0 aliphatic heterocycles. The van der Waals surface area contributed by atoms with E-state index in [9.17, 15) is 19.2 Å². The van der Waals surface area contributed by atoms with Crippen LogP contribution in [0.5, 0.6) is 0 Å². The van der Waals surface area contributed by atoms with Crippen LogP contribution in [0.4, 0.5) is 0 Å². The summed E-state index contributed by atoms with van der Waals surface area (Å²) < 4.78 is 13.9. The van der Waals surface area contributed by atoms with Gasteiger partial charge in [0.2, 0.25) is 0 Å². The largest absolute Gasteiger partial charge is 0.478 e. The Morgan fingerprint density at radius 3 is 2.30 bits per heavy atom. The highest BCUT2D eigenvalue weighted by atomic mass is 16.6. The first-order valence-electron chi connectivity index (χ1n) is 6.32. The summed E-state index contributed by atoms with van der Waals surface area (Å²) in [6.45, 7) is 2.75. The molecule has 0 aromatic heterocycles. The maximum Gasteiger partial charge on any atom is 0.339 e. The third-order valence-corrected chi connectivity index (χ3v) is 2.62. The Hall–Kier alpha value is -3.16. The van der Waals surface area contributed by atoms with Crippen molar-refractivity contribution in [2.45, 2.75) is 0 Å². The van der Waals surface area contributed by atoms with Crippen molar-refractivity contribution in [2.75, 3.05) is 20.3 Å². The molecule has 0 spiro atoms. The van der Waals surface area contributed by atoms with Gasteiger partial charge in [-0.1, -0.05) is 6.58 Å². The number of ether oxygens (including phenoxy) is 3. The first-order valence-corrected chi connectivity index (χ1v) is 6.32. The number of carboxylic acids is 1.